The van der Waals surface area contributed by atoms with Gasteiger partial charge in [-0.25, -0.2) is 4.98 Å². The fraction of sp³-hybridized carbons (Fsp3) is 0.273. The van der Waals surface area contributed by atoms with Crippen LogP contribution in [-0.4, -0.2) is 29.1 Å². The second-order valence-corrected chi connectivity index (χ2v) is 3.55. The molecule has 2 aromatic heterocycles. The van der Waals surface area contributed by atoms with E-state index in [1.165, 1.54) is 7.11 Å². The molecule has 2 rings (SSSR count). The van der Waals surface area contributed by atoms with Crippen molar-refractivity contribution >= 4 is 29.4 Å². The number of halogens is 1. The average Bonchev–Trinajstić information content (AvgIpc) is 2.72. The Kier molecular flexibility index (Phi) is 4.48. The minimum Gasteiger partial charge on any atom is -0.468 e. The molecule has 0 spiro atoms. The number of esters is 1. The third-order valence-electron chi connectivity index (χ3n) is 2.48. The Morgan fingerprint density at radius 3 is 3.12 bits per heavy atom. The van der Waals surface area contributed by atoms with Crippen molar-refractivity contribution in [2.75, 3.05) is 7.11 Å². The molecule has 0 aromatic carbocycles. The molecule has 92 valence electrons. The van der Waals surface area contributed by atoms with Crippen molar-refractivity contribution in [3.05, 3.63) is 30.1 Å². The van der Waals surface area contributed by atoms with Crippen LogP contribution in [0.3, 0.4) is 0 Å². The fourth-order valence-corrected chi connectivity index (χ4v) is 1.65. The number of rotatable bonds is 3. The van der Waals surface area contributed by atoms with Crippen LogP contribution in [0.2, 0.25) is 0 Å². The highest BCUT2D eigenvalue weighted by Crippen LogP contribution is 2.16. The number of aromatic amines is 1. The first-order valence-corrected chi connectivity index (χ1v) is 4.96. The lowest BCUT2D eigenvalue weighted by molar-refractivity contribution is -0.142. The summed E-state index contributed by atoms with van der Waals surface area (Å²) < 4.78 is 4.58. The number of carbonyl (C=O) groups is 1. The van der Waals surface area contributed by atoms with Crippen LogP contribution >= 0.6 is 12.4 Å². The molecule has 0 radical (unpaired) electrons. The van der Waals surface area contributed by atoms with E-state index in [1.54, 1.807) is 6.20 Å². The summed E-state index contributed by atoms with van der Waals surface area (Å²) in [6, 6.07) is 3.16. The summed E-state index contributed by atoms with van der Waals surface area (Å²) in [5.74, 6) is -0.404. The zero-order valence-corrected chi connectivity index (χ0v) is 10.2. The van der Waals surface area contributed by atoms with Crippen LogP contribution < -0.4 is 5.73 Å². The third-order valence-corrected chi connectivity index (χ3v) is 2.48. The molecule has 0 amide bonds. The molecule has 1 atom stereocenters. The van der Waals surface area contributed by atoms with Crippen molar-refractivity contribution in [2.45, 2.75) is 12.5 Å². The molecule has 0 aliphatic rings. The molecule has 0 saturated carbocycles. The summed E-state index contributed by atoms with van der Waals surface area (Å²) in [5.41, 5.74) is 7.47. The summed E-state index contributed by atoms with van der Waals surface area (Å²) in [7, 11) is 1.33. The molecule has 2 heterocycles. The lowest BCUT2D eigenvalue weighted by atomic mass is 10.1. The first kappa shape index (κ1) is 13.5. The lowest BCUT2D eigenvalue weighted by Crippen LogP contribution is -2.33. The van der Waals surface area contributed by atoms with Gasteiger partial charge in [0.25, 0.3) is 0 Å². The number of fused-ring (bicyclic) bond motifs is 1. The van der Waals surface area contributed by atoms with E-state index in [4.69, 9.17) is 5.73 Å². The van der Waals surface area contributed by atoms with Crippen molar-refractivity contribution in [2.24, 2.45) is 5.73 Å². The molecule has 17 heavy (non-hydrogen) atoms. The van der Waals surface area contributed by atoms with Crippen LogP contribution in [0.1, 0.15) is 5.56 Å². The maximum Gasteiger partial charge on any atom is 0.322 e. The Balaban J connectivity index is 0.00000144. The number of nitrogens with two attached hydrogens (primary N) is 1. The van der Waals surface area contributed by atoms with E-state index in [9.17, 15) is 4.79 Å². The van der Waals surface area contributed by atoms with E-state index in [0.717, 1.165) is 16.6 Å². The molecular formula is C11H14ClN3O2. The van der Waals surface area contributed by atoms with Crippen molar-refractivity contribution < 1.29 is 9.53 Å². The quantitative estimate of drug-likeness (QED) is 0.803. The second kappa shape index (κ2) is 5.65. The number of carbonyl (C=O) groups excluding carboxylic acids is 1. The van der Waals surface area contributed by atoms with E-state index < -0.39 is 12.0 Å². The molecule has 0 aliphatic carbocycles. The number of nitrogens with zero attached hydrogens (tertiary/aromatic N) is 1. The van der Waals surface area contributed by atoms with Crippen molar-refractivity contribution in [3.63, 3.8) is 0 Å². The number of hydrogen-bond donors (Lipinski definition) is 2. The predicted molar refractivity (Wildman–Crippen MR) is 67.0 cm³/mol. The number of pyridine rings is 1. The van der Waals surface area contributed by atoms with Gasteiger partial charge in [0.05, 0.1) is 7.11 Å². The number of methoxy groups -OCH3 is 1. The van der Waals surface area contributed by atoms with Gasteiger partial charge in [-0.05, 0) is 17.7 Å². The molecule has 0 fully saturated rings. The van der Waals surface area contributed by atoms with Crippen LogP contribution in [0.15, 0.2) is 24.5 Å². The summed E-state index contributed by atoms with van der Waals surface area (Å²) in [4.78, 5) is 18.4. The van der Waals surface area contributed by atoms with Gasteiger partial charge in [0.1, 0.15) is 11.7 Å². The van der Waals surface area contributed by atoms with Gasteiger partial charge in [-0.15, -0.1) is 12.4 Å². The van der Waals surface area contributed by atoms with Gasteiger partial charge in [0.15, 0.2) is 0 Å². The standard InChI is InChI=1S/C11H13N3O2.ClH/c1-16-11(15)9(12)5-7-6-14-10-8(7)3-2-4-13-10;/h2-4,6,9H,5,12H2,1H3,(H,13,14);1H. The van der Waals surface area contributed by atoms with Crippen LogP contribution in [0.25, 0.3) is 11.0 Å². The fourth-order valence-electron chi connectivity index (χ4n) is 1.65. The highest BCUT2D eigenvalue weighted by Gasteiger charge is 2.16. The molecular weight excluding hydrogens is 242 g/mol. The Morgan fingerprint density at radius 1 is 1.65 bits per heavy atom. The molecule has 0 saturated heterocycles. The topological polar surface area (TPSA) is 81.0 Å². The highest BCUT2D eigenvalue weighted by atomic mass is 35.5. The van der Waals surface area contributed by atoms with Crippen molar-refractivity contribution in [1.82, 2.24) is 9.97 Å². The normalized spacial score (nSPS) is 11.9. The first-order valence-electron chi connectivity index (χ1n) is 4.96. The van der Waals surface area contributed by atoms with E-state index in [2.05, 4.69) is 14.7 Å². The maximum absolute atomic E-state index is 11.2. The van der Waals surface area contributed by atoms with Crippen molar-refractivity contribution in [1.29, 1.82) is 0 Å². The smallest absolute Gasteiger partial charge is 0.322 e. The number of nitrogens with one attached hydrogen (secondary N) is 1. The number of hydrogen-bond acceptors (Lipinski definition) is 4. The maximum atomic E-state index is 11.2. The Hall–Kier alpha value is -1.59. The molecule has 0 bridgehead atoms. The number of aromatic nitrogens is 2. The summed E-state index contributed by atoms with van der Waals surface area (Å²) in [5, 5.41) is 0.988. The summed E-state index contributed by atoms with van der Waals surface area (Å²) in [6.07, 6.45) is 3.97. The third kappa shape index (κ3) is 2.75. The zero-order chi connectivity index (χ0) is 11.5. The van der Waals surface area contributed by atoms with Gasteiger partial charge in [-0.2, -0.15) is 0 Å². The summed E-state index contributed by atoms with van der Waals surface area (Å²) >= 11 is 0. The Labute approximate surface area is 105 Å². The monoisotopic (exact) mass is 255 g/mol. The van der Waals surface area contributed by atoms with Crippen LogP contribution in [0.4, 0.5) is 0 Å². The van der Waals surface area contributed by atoms with E-state index >= 15 is 0 Å². The number of ether oxygens (including phenoxy) is 1. The molecule has 1 unspecified atom stereocenters. The Morgan fingerprint density at radius 2 is 2.41 bits per heavy atom. The molecule has 2 aromatic rings. The van der Waals surface area contributed by atoms with Crippen LogP contribution in [0, 0.1) is 0 Å². The highest BCUT2D eigenvalue weighted by molar-refractivity contribution is 5.85. The molecule has 5 nitrogen and oxygen atoms in total. The van der Waals surface area contributed by atoms with Gasteiger partial charge in [0, 0.05) is 24.2 Å². The molecule has 0 aliphatic heterocycles. The largest absolute Gasteiger partial charge is 0.468 e. The van der Waals surface area contributed by atoms with Gasteiger partial charge < -0.3 is 15.5 Å². The minimum absolute atomic E-state index is 0. The van der Waals surface area contributed by atoms with E-state index in [1.807, 2.05) is 18.3 Å². The Bertz CT molecular complexity index is 512. The van der Waals surface area contributed by atoms with Gasteiger partial charge >= 0.3 is 5.97 Å². The molecule has 6 heteroatoms. The van der Waals surface area contributed by atoms with Gasteiger partial charge in [-0.3, -0.25) is 4.79 Å². The minimum atomic E-state index is -0.635. The molecule has 3 N–H and O–H groups in total. The van der Waals surface area contributed by atoms with Gasteiger partial charge in [0.2, 0.25) is 0 Å². The second-order valence-electron chi connectivity index (χ2n) is 3.55. The van der Waals surface area contributed by atoms with Crippen molar-refractivity contribution in [3.8, 4) is 0 Å². The van der Waals surface area contributed by atoms with Crippen LogP contribution in [0.5, 0.6) is 0 Å². The van der Waals surface area contributed by atoms with Gasteiger partial charge in [-0.1, -0.05) is 0 Å². The summed E-state index contributed by atoms with van der Waals surface area (Å²) in [6.45, 7) is 0. The van der Waals surface area contributed by atoms with Crippen LogP contribution in [-0.2, 0) is 16.0 Å². The predicted octanol–water partition coefficient (Wildman–Crippen LogP) is 1.03. The number of H-pyrrole nitrogens is 1. The SMILES string of the molecule is COC(=O)C(N)Cc1c[nH]c2ncccc12.Cl. The van der Waals surface area contributed by atoms with E-state index in [-0.39, 0.29) is 12.4 Å². The average molecular weight is 256 g/mol. The zero-order valence-electron chi connectivity index (χ0n) is 9.34. The lowest BCUT2D eigenvalue weighted by Gasteiger charge is -2.07. The first-order chi connectivity index (χ1) is 7.72. The van der Waals surface area contributed by atoms with E-state index in [0.29, 0.717) is 6.42 Å².